The number of aromatic nitrogens is 2. The highest BCUT2D eigenvalue weighted by atomic mass is 32.2. The van der Waals surface area contributed by atoms with Crippen LogP contribution in [0.15, 0.2) is 59.6 Å². The minimum Gasteiger partial charge on any atom is -0.381 e. The van der Waals surface area contributed by atoms with Crippen LogP contribution in [0.3, 0.4) is 0 Å². The van der Waals surface area contributed by atoms with Gasteiger partial charge in [-0.25, -0.2) is 8.42 Å². The quantitative estimate of drug-likeness (QED) is 0.409. The van der Waals surface area contributed by atoms with Gasteiger partial charge in [0.15, 0.2) is 9.84 Å². The average molecular weight is 568 g/mol. The van der Waals surface area contributed by atoms with Crippen LogP contribution in [-0.4, -0.2) is 70.6 Å². The van der Waals surface area contributed by atoms with Crippen LogP contribution < -0.4 is 0 Å². The van der Waals surface area contributed by atoms with Gasteiger partial charge < -0.3 is 9.72 Å². The lowest BCUT2D eigenvalue weighted by Gasteiger charge is -2.27. The highest BCUT2D eigenvalue weighted by molar-refractivity contribution is 7.92. The molecular formula is C30H37N3O4S2. The lowest BCUT2D eigenvalue weighted by atomic mass is 9.83. The Labute approximate surface area is 233 Å². The lowest BCUT2D eigenvalue weighted by molar-refractivity contribution is 0.0626. The molecule has 1 aliphatic carbocycles. The third-order valence-electron chi connectivity index (χ3n) is 8.35. The first kappa shape index (κ1) is 26.9. The number of sulfone groups is 1. The summed E-state index contributed by atoms with van der Waals surface area (Å²) in [7, 11) is -3.86. The summed E-state index contributed by atoms with van der Waals surface area (Å²) in [6, 6.07) is 16.0. The van der Waals surface area contributed by atoms with Gasteiger partial charge in [0, 0.05) is 73.0 Å². The second kappa shape index (κ2) is 11.6. The molecule has 4 heterocycles. The average Bonchev–Trinajstić information content (AvgIpc) is 3.73. The highest BCUT2D eigenvalue weighted by Gasteiger charge is 2.37. The number of nitrogens with one attached hydrogen (secondary N) is 1. The summed E-state index contributed by atoms with van der Waals surface area (Å²) in [5.74, 6) is 2.22. The van der Waals surface area contributed by atoms with Gasteiger partial charge in [-0.15, -0.1) is 0 Å². The molecule has 6 rings (SSSR count). The van der Waals surface area contributed by atoms with E-state index in [1.807, 2.05) is 18.3 Å². The predicted molar refractivity (Wildman–Crippen MR) is 154 cm³/mol. The van der Waals surface area contributed by atoms with Gasteiger partial charge in [-0.3, -0.25) is 14.1 Å². The molecule has 3 aromatic rings. The van der Waals surface area contributed by atoms with E-state index in [0.29, 0.717) is 10.8 Å². The van der Waals surface area contributed by atoms with Gasteiger partial charge in [-0.05, 0) is 79.5 Å². The van der Waals surface area contributed by atoms with E-state index >= 15 is 0 Å². The molecule has 1 aromatic carbocycles. The van der Waals surface area contributed by atoms with Crippen molar-refractivity contribution in [3.8, 4) is 11.4 Å². The molecule has 2 aromatic heterocycles. The first-order chi connectivity index (χ1) is 19.0. The highest BCUT2D eigenvalue weighted by Crippen LogP contribution is 2.37. The fourth-order valence-corrected chi connectivity index (χ4v) is 8.54. The van der Waals surface area contributed by atoms with E-state index in [-0.39, 0.29) is 11.2 Å². The zero-order chi connectivity index (χ0) is 26.8. The molecule has 3 aliphatic rings. The molecule has 2 saturated heterocycles. The SMILES string of the molecule is O=S1CCN(Cc2ccc(-c3ccc(C(CC4CCOCC4)c4ccc(S(=O)(=O)C5CC5)cc4)[nH]3)nc2)CC1. The summed E-state index contributed by atoms with van der Waals surface area (Å²) in [5.41, 5.74) is 5.31. The molecule has 1 saturated carbocycles. The summed E-state index contributed by atoms with van der Waals surface area (Å²) in [6.45, 7) is 4.18. The lowest BCUT2D eigenvalue weighted by Crippen LogP contribution is -2.37. The van der Waals surface area contributed by atoms with E-state index in [4.69, 9.17) is 9.72 Å². The van der Waals surface area contributed by atoms with Crippen molar-refractivity contribution in [2.75, 3.05) is 37.8 Å². The fourth-order valence-electron chi connectivity index (χ4n) is 5.75. The van der Waals surface area contributed by atoms with E-state index < -0.39 is 20.6 Å². The Morgan fingerprint density at radius 1 is 0.974 bits per heavy atom. The van der Waals surface area contributed by atoms with Crippen molar-refractivity contribution in [2.45, 2.75) is 54.7 Å². The number of benzene rings is 1. The van der Waals surface area contributed by atoms with E-state index in [1.165, 1.54) is 0 Å². The Morgan fingerprint density at radius 3 is 2.38 bits per heavy atom. The van der Waals surface area contributed by atoms with Gasteiger partial charge in [-0.1, -0.05) is 18.2 Å². The first-order valence-corrected chi connectivity index (χ1v) is 17.1. The molecule has 1 atom stereocenters. The second-order valence-electron chi connectivity index (χ2n) is 11.2. The standard InChI is InChI=1S/C30H37N3O4S2/c34-38-17-13-33(14-18-38)21-23-1-8-29(31-20-23)30-10-9-28(32-30)27(19-22-11-15-37-16-12-22)24-2-4-25(5-3-24)39(35,36)26-6-7-26/h1-5,8-10,20,22,26-27,32H,6-7,11-19,21H2. The molecule has 0 amide bonds. The minimum absolute atomic E-state index is 0.142. The molecule has 2 aliphatic heterocycles. The van der Waals surface area contributed by atoms with Gasteiger partial charge in [0.25, 0.3) is 0 Å². The molecule has 1 N–H and O–H groups in total. The van der Waals surface area contributed by atoms with Crippen molar-refractivity contribution < 1.29 is 17.4 Å². The molecule has 1 unspecified atom stereocenters. The molecule has 0 bridgehead atoms. The Kier molecular flexibility index (Phi) is 8.03. The number of hydrogen-bond acceptors (Lipinski definition) is 6. The third-order valence-corrected chi connectivity index (χ3v) is 11.9. The van der Waals surface area contributed by atoms with Crippen molar-refractivity contribution in [1.82, 2.24) is 14.9 Å². The monoisotopic (exact) mass is 567 g/mol. The van der Waals surface area contributed by atoms with Crippen LogP contribution in [-0.2, 0) is 31.9 Å². The van der Waals surface area contributed by atoms with Crippen LogP contribution >= 0.6 is 0 Å². The van der Waals surface area contributed by atoms with Crippen LogP contribution in [0.2, 0.25) is 0 Å². The largest absolute Gasteiger partial charge is 0.381 e. The van der Waals surface area contributed by atoms with Crippen molar-refractivity contribution in [1.29, 1.82) is 0 Å². The van der Waals surface area contributed by atoms with Gasteiger partial charge in [0.1, 0.15) is 0 Å². The maximum Gasteiger partial charge on any atom is 0.181 e. The predicted octanol–water partition coefficient (Wildman–Crippen LogP) is 4.53. The van der Waals surface area contributed by atoms with Crippen molar-refractivity contribution >= 4 is 20.6 Å². The van der Waals surface area contributed by atoms with E-state index in [2.05, 4.69) is 34.1 Å². The zero-order valence-electron chi connectivity index (χ0n) is 22.3. The number of aromatic amines is 1. The maximum atomic E-state index is 12.7. The summed E-state index contributed by atoms with van der Waals surface area (Å²) < 4.78 is 42.7. The van der Waals surface area contributed by atoms with Crippen molar-refractivity contribution in [3.63, 3.8) is 0 Å². The van der Waals surface area contributed by atoms with Crippen LogP contribution in [0.5, 0.6) is 0 Å². The van der Waals surface area contributed by atoms with Crippen LogP contribution in [0.1, 0.15) is 54.8 Å². The zero-order valence-corrected chi connectivity index (χ0v) is 23.9. The second-order valence-corrected chi connectivity index (χ2v) is 15.1. The molecule has 0 radical (unpaired) electrons. The molecule has 7 nitrogen and oxygen atoms in total. The number of pyridine rings is 1. The topological polar surface area (TPSA) is 92.4 Å². The molecule has 3 fully saturated rings. The smallest absolute Gasteiger partial charge is 0.181 e. The fraction of sp³-hybridized carbons (Fsp3) is 0.500. The normalized spacial score (nSPS) is 20.7. The summed E-state index contributed by atoms with van der Waals surface area (Å²) in [5, 5.41) is -0.198. The Bertz CT molecular complexity index is 1380. The maximum absolute atomic E-state index is 12.7. The molecule has 39 heavy (non-hydrogen) atoms. The van der Waals surface area contributed by atoms with E-state index in [1.54, 1.807) is 12.1 Å². The molecule has 9 heteroatoms. The van der Waals surface area contributed by atoms with Crippen LogP contribution in [0, 0.1) is 5.92 Å². The Hall–Kier alpha value is -2.33. The van der Waals surface area contributed by atoms with E-state index in [9.17, 15) is 12.6 Å². The number of nitrogens with zero attached hydrogens (tertiary/aromatic N) is 2. The van der Waals surface area contributed by atoms with Gasteiger partial charge in [0.05, 0.1) is 21.5 Å². The minimum atomic E-state index is -3.20. The number of H-pyrrole nitrogens is 1. The Morgan fingerprint density at radius 2 is 1.72 bits per heavy atom. The van der Waals surface area contributed by atoms with Crippen molar-refractivity contribution in [2.24, 2.45) is 5.92 Å². The molecular weight excluding hydrogens is 530 g/mol. The number of hydrogen-bond donors (Lipinski definition) is 1. The van der Waals surface area contributed by atoms with Crippen LogP contribution in [0.4, 0.5) is 0 Å². The third kappa shape index (κ3) is 6.37. The van der Waals surface area contributed by atoms with Gasteiger partial charge in [-0.2, -0.15) is 0 Å². The van der Waals surface area contributed by atoms with E-state index in [0.717, 1.165) is 105 Å². The summed E-state index contributed by atoms with van der Waals surface area (Å²) >= 11 is 0. The number of rotatable bonds is 9. The first-order valence-electron chi connectivity index (χ1n) is 14.1. The summed E-state index contributed by atoms with van der Waals surface area (Å²) in [4.78, 5) is 11.2. The Balaban J connectivity index is 1.20. The summed E-state index contributed by atoms with van der Waals surface area (Å²) in [6.07, 6.45) is 6.58. The van der Waals surface area contributed by atoms with Crippen LogP contribution in [0.25, 0.3) is 11.4 Å². The molecule has 208 valence electrons. The van der Waals surface area contributed by atoms with Gasteiger partial charge >= 0.3 is 0 Å². The van der Waals surface area contributed by atoms with Crippen molar-refractivity contribution in [3.05, 3.63) is 71.5 Å². The number of ether oxygens (including phenoxy) is 1. The molecule has 0 spiro atoms. The van der Waals surface area contributed by atoms with Gasteiger partial charge in [0.2, 0.25) is 0 Å².